The molecule has 1 rings (SSSR count). The van der Waals surface area contributed by atoms with Gasteiger partial charge in [-0.3, -0.25) is 4.84 Å². The van der Waals surface area contributed by atoms with Crippen molar-refractivity contribution in [2.24, 2.45) is 0 Å². The summed E-state index contributed by atoms with van der Waals surface area (Å²) in [6, 6.07) is 1.95. The first-order valence-electron chi connectivity index (χ1n) is 6.07. The van der Waals surface area contributed by atoms with Crippen molar-refractivity contribution in [1.82, 2.24) is 9.97 Å². The van der Waals surface area contributed by atoms with Crippen molar-refractivity contribution in [3.05, 3.63) is 12.4 Å². The molecule has 96 valence electrons. The van der Waals surface area contributed by atoms with E-state index in [0.29, 0.717) is 0 Å². The summed E-state index contributed by atoms with van der Waals surface area (Å²) in [6.45, 7) is 6.38. The van der Waals surface area contributed by atoms with Crippen molar-refractivity contribution in [1.29, 1.82) is 0 Å². The first kappa shape index (κ1) is 13.7. The molecule has 17 heavy (non-hydrogen) atoms. The van der Waals surface area contributed by atoms with Gasteiger partial charge in [0.1, 0.15) is 12.1 Å². The van der Waals surface area contributed by atoms with Gasteiger partial charge in [-0.2, -0.15) is 0 Å². The van der Waals surface area contributed by atoms with Crippen LogP contribution in [0.1, 0.15) is 26.7 Å². The van der Waals surface area contributed by atoms with Crippen molar-refractivity contribution >= 4 is 11.6 Å². The largest absolute Gasteiger partial charge is 0.356 e. The van der Waals surface area contributed by atoms with Crippen LogP contribution in [0.15, 0.2) is 12.4 Å². The van der Waals surface area contributed by atoms with E-state index in [1.807, 2.05) is 13.1 Å². The van der Waals surface area contributed by atoms with Gasteiger partial charge in [-0.1, -0.05) is 13.8 Å². The fourth-order valence-electron chi connectivity index (χ4n) is 1.66. The van der Waals surface area contributed by atoms with Gasteiger partial charge in [0.05, 0.1) is 7.11 Å². The molecule has 0 atom stereocenters. The van der Waals surface area contributed by atoms with Gasteiger partial charge in [-0.25, -0.2) is 15.0 Å². The molecule has 0 amide bonds. The second kappa shape index (κ2) is 7.06. The molecule has 0 bridgehead atoms. The summed E-state index contributed by atoms with van der Waals surface area (Å²) in [4.78, 5) is 15.9. The Morgan fingerprint density at radius 1 is 1.12 bits per heavy atom. The Bertz CT molecular complexity index is 326. The Labute approximate surface area is 103 Å². The first-order chi connectivity index (χ1) is 8.22. The molecule has 1 heterocycles. The van der Waals surface area contributed by atoms with E-state index in [-0.39, 0.29) is 0 Å². The third-order valence-electron chi connectivity index (χ3n) is 2.55. The standard InChI is InChI=1S/C12H22N4O/c1-5-7-16(8-6-2)12-9-11(13-10-14-12)15(3)17-4/h9-10H,5-8H2,1-4H3. The number of hydrogen-bond donors (Lipinski definition) is 0. The van der Waals surface area contributed by atoms with E-state index in [9.17, 15) is 0 Å². The molecule has 0 radical (unpaired) electrons. The Morgan fingerprint density at radius 2 is 1.71 bits per heavy atom. The fourth-order valence-corrected chi connectivity index (χ4v) is 1.66. The number of nitrogens with zero attached hydrogens (tertiary/aromatic N) is 4. The van der Waals surface area contributed by atoms with E-state index in [1.165, 1.54) is 0 Å². The smallest absolute Gasteiger partial charge is 0.157 e. The van der Waals surface area contributed by atoms with Gasteiger partial charge in [0, 0.05) is 26.2 Å². The molecule has 1 aromatic rings. The summed E-state index contributed by atoms with van der Waals surface area (Å²) in [5.74, 6) is 1.73. The third kappa shape index (κ3) is 3.85. The van der Waals surface area contributed by atoms with Crippen LogP contribution in [0.3, 0.4) is 0 Å². The van der Waals surface area contributed by atoms with Crippen LogP contribution in [-0.4, -0.2) is 37.2 Å². The molecule has 1 aromatic heterocycles. The normalized spacial score (nSPS) is 10.4. The van der Waals surface area contributed by atoms with E-state index in [1.54, 1.807) is 18.5 Å². The summed E-state index contributed by atoms with van der Waals surface area (Å²) in [6.07, 6.45) is 3.80. The van der Waals surface area contributed by atoms with Crippen LogP contribution >= 0.6 is 0 Å². The van der Waals surface area contributed by atoms with E-state index in [0.717, 1.165) is 37.6 Å². The maximum Gasteiger partial charge on any atom is 0.157 e. The van der Waals surface area contributed by atoms with Crippen LogP contribution in [0.2, 0.25) is 0 Å². The lowest BCUT2D eigenvalue weighted by atomic mass is 10.3. The zero-order chi connectivity index (χ0) is 12.7. The lowest BCUT2D eigenvalue weighted by Crippen LogP contribution is -2.26. The average molecular weight is 238 g/mol. The average Bonchev–Trinajstić information content (AvgIpc) is 2.37. The molecular formula is C12H22N4O. The maximum absolute atomic E-state index is 5.12. The molecule has 0 unspecified atom stereocenters. The molecule has 0 aliphatic heterocycles. The van der Waals surface area contributed by atoms with Crippen LogP contribution in [0.4, 0.5) is 11.6 Å². The Balaban J connectivity index is 2.87. The van der Waals surface area contributed by atoms with E-state index >= 15 is 0 Å². The summed E-state index contributed by atoms with van der Waals surface area (Å²) in [7, 11) is 3.45. The predicted molar refractivity (Wildman–Crippen MR) is 70.2 cm³/mol. The monoisotopic (exact) mass is 238 g/mol. The van der Waals surface area contributed by atoms with E-state index in [2.05, 4.69) is 28.7 Å². The summed E-state index contributed by atoms with van der Waals surface area (Å²) in [5, 5.41) is 1.63. The Morgan fingerprint density at radius 3 is 2.24 bits per heavy atom. The highest BCUT2D eigenvalue weighted by molar-refractivity contribution is 5.48. The van der Waals surface area contributed by atoms with Gasteiger partial charge >= 0.3 is 0 Å². The minimum atomic E-state index is 0.773. The van der Waals surface area contributed by atoms with Crippen LogP contribution < -0.4 is 9.96 Å². The molecule has 0 fully saturated rings. The van der Waals surface area contributed by atoms with Gasteiger partial charge < -0.3 is 4.90 Å². The van der Waals surface area contributed by atoms with Gasteiger partial charge in [-0.15, -0.1) is 0 Å². The van der Waals surface area contributed by atoms with Crippen molar-refractivity contribution in [3.63, 3.8) is 0 Å². The molecule has 0 N–H and O–H groups in total. The SMILES string of the molecule is CCCN(CCC)c1cc(N(C)OC)ncn1. The minimum absolute atomic E-state index is 0.773. The van der Waals surface area contributed by atoms with Crippen LogP contribution in [-0.2, 0) is 4.84 Å². The van der Waals surface area contributed by atoms with Gasteiger partial charge in [0.15, 0.2) is 5.82 Å². The first-order valence-corrected chi connectivity index (χ1v) is 6.07. The molecule has 0 aromatic carbocycles. The minimum Gasteiger partial charge on any atom is -0.356 e. The molecule has 0 saturated carbocycles. The third-order valence-corrected chi connectivity index (χ3v) is 2.55. The highest BCUT2D eigenvalue weighted by Crippen LogP contribution is 2.17. The molecular weight excluding hydrogens is 216 g/mol. The number of aromatic nitrogens is 2. The molecule has 0 saturated heterocycles. The Hall–Kier alpha value is -1.36. The number of anilines is 2. The van der Waals surface area contributed by atoms with Crippen molar-refractivity contribution in [2.45, 2.75) is 26.7 Å². The van der Waals surface area contributed by atoms with Crippen molar-refractivity contribution in [2.75, 3.05) is 37.2 Å². The molecule has 0 aliphatic carbocycles. The second-order valence-electron chi connectivity index (χ2n) is 3.90. The van der Waals surface area contributed by atoms with Gasteiger partial charge in [0.2, 0.25) is 0 Å². The molecule has 5 heteroatoms. The zero-order valence-corrected chi connectivity index (χ0v) is 11.2. The predicted octanol–water partition coefficient (Wildman–Crippen LogP) is 2.10. The fraction of sp³-hybridized carbons (Fsp3) is 0.667. The zero-order valence-electron chi connectivity index (χ0n) is 11.2. The lowest BCUT2D eigenvalue weighted by Gasteiger charge is -2.23. The quantitative estimate of drug-likeness (QED) is 0.680. The van der Waals surface area contributed by atoms with Crippen LogP contribution in [0.5, 0.6) is 0 Å². The summed E-state index contributed by atoms with van der Waals surface area (Å²) in [5.41, 5.74) is 0. The Kier molecular flexibility index (Phi) is 5.69. The summed E-state index contributed by atoms with van der Waals surface area (Å²) >= 11 is 0. The number of hydrogen-bond acceptors (Lipinski definition) is 5. The summed E-state index contributed by atoms with van der Waals surface area (Å²) < 4.78 is 0. The highest BCUT2D eigenvalue weighted by atomic mass is 16.7. The number of rotatable bonds is 7. The number of hydroxylamine groups is 1. The topological polar surface area (TPSA) is 41.5 Å². The van der Waals surface area contributed by atoms with Crippen molar-refractivity contribution < 1.29 is 4.84 Å². The van der Waals surface area contributed by atoms with Crippen LogP contribution in [0.25, 0.3) is 0 Å². The molecule has 5 nitrogen and oxygen atoms in total. The van der Waals surface area contributed by atoms with Gasteiger partial charge in [0.25, 0.3) is 0 Å². The van der Waals surface area contributed by atoms with Gasteiger partial charge in [-0.05, 0) is 12.8 Å². The second-order valence-corrected chi connectivity index (χ2v) is 3.90. The van der Waals surface area contributed by atoms with Crippen molar-refractivity contribution in [3.8, 4) is 0 Å². The van der Waals surface area contributed by atoms with Crippen LogP contribution in [0, 0.1) is 0 Å². The lowest BCUT2D eigenvalue weighted by molar-refractivity contribution is 0.182. The maximum atomic E-state index is 5.12. The molecule has 0 aliphatic rings. The van der Waals surface area contributed by atoms with E-state index < -0.39 is 0 Å². The van der Waals surface area contributed by atoms with E-state index in [4.69, 9.17) is 4.84 Å². The molecule has 0 spiro atoms. The highest BCUT2D eigenvalue weighted by Gasteiger charge is 2.09.